The van der Waals surface area contributed by atoms with E-state index >= 15 is 0 Å². The first-order valence-corrected chi connectivity index (χ1v) is 6.58. The molecule has 20 heavy (non-hydrogen) atoms. The number of hydrogen-bond donors (Lipinski definition) is 0. The van der Waals surface area contributed by atoms with Crippen molar-refractivity contribution in [1.29, 1.82) is 0 Å². The van der Waals surface area contributed by atoms with E-state index in [1.807, 2.05) is 42.6 Å². The molecule has 0 aromatic heterocycles. The Morgan fingerprint density at radius 2 is 1.40 bits per heavy atom. The van der Waals surface area contributed by atoms with E-state index in [0.717, 1.165) is 30.0 Å². The summed E-state index contributed by atoms with van der Waals surface area (Å²) in [5.74, 6) is 1.75. The maximum absolute atomic E-state index is 5.13. The number of benzene rings is 2. The lowest BCUT2D eigenvalue weighted by Crippen LogP contribution is -1.91. The Bertz CT molecular complexity index is 544. The van der Waals surface area contributed by atoms with Crippen molar-refractivity contribution in [3.63, 3.8) is 0 Å². The van der Waals surface area contributed by atoms with Crippen LogP contribution in [0.4, 0.5) is 0 Å². The smallest absolute Gasteiger partial charge is 0.118 e. The van der Waals surface area contributed by atoms with E-state index in [9.17, 15) is 0 Å². The SMILES string of the molecule is COc1ccc(C=NCCc2ccc(OC)cc2)cc1. The molecule has 0 aliphatic rings. The second kappa shape index (κ2) is 7.34. The van der Waals surface area contributed by atoms with Gasteiger partial charge in [-0.05, 0) is 53.9 Å². The van der Waals surface area contributed by atoms with Gasteiger partial charge in [-0.15, -0.1) is 0 Å². The lowest BCUT2D eigenvalue weighted by atomic mass is 10.1. The molecule has 104 valence electrons. The summed E-state index contributed by atoms with van der Waals surface area (Å²) in [6.45, 7) is 0.776. The minimum absolute atomic E-state index is 0.776. The van der Waals surface area contributed by atoms with Crippen molar-refractivity contribution in [2.24, 2.45) is 4.99 Å². The topological polar surface area (TPSA) is 30.8 Å². The fraction of sp³-hybridized carbons (Fsp3) is 0.235. The van der Waals surface area contributed by atoms with Gasteiger partial charge in [0, 0.05) is 12.8 Å². The molecule has 0 radical (unpaired) electrons. The first-order valence-electron chi connectivity index (χ1n) is 6.58. The van der Waals surface area contributed by atoms with E-state index in [4.69, 9.17) is 9.47 Å². The summed E-state index contributed by atoms with van der Waals surface area (Å²) in [4.78, 5) is 4.44. The highest BCUT2D eigenvalue weighted by atomic mass is 16.5. The third-order valence-corrected chi connectivity index (χ3v) is 3.04. The summed E-state index contributed by atoms with van der Waals surface area (Å²) in [6.07, 6.45) is 2.82. The Balaban J connectivity index is 1.83. The zero-order valence-corrected chi connectivity index (χ0v) is 11.9. The Kier molecular flexibility index (Phi) is 5.18. The molecule has 3 nitrogen and oxygen atoms in total. The van der Waals surface area contributed by atoms with Gasteiger partial charge >= 0.3 is 0 Å². The molecule has 2 aromatic carbocycles. The molecule has 2 aromatic rings. The third kappa shape index (κ3) is 4.12. The molecule has 0 atom stereocenters. The van der Waals surface area contributed by atoms with Crippen molar-refractivity contribution >= 4 is 6.21 Å². The van der Waals surface area contributed by atoms with Crippen molar-refractivity contribution in [3.05, 3.63) is 59.7 Å². The molecular formula is C17H19NO2. The quantitative estimate of drug-likeness (QED) is 0.753. The van der Waals surface area contributed by atoms with Gasteiger partial charge in [-0.3, -0.25) is 4.99 Å². The molecule has 0 N–H and O–H groups in total. The van der Waals surface area contributed by atoms with Crippen molar-refractivity contribution in [3.8, 4) is 11.5 Å². The van der Waals surface area contributed by atoms with E-state index < -0.39 is 0 Å². The highest BCUT2D eigenvalue weighted by Gasteiger charge is 1.94. The van der Waals surface area contributed by atoms with Crippen LogP contribution in [0.2, 0.25) is 0 Å². The summed E-state index contributed by atoms with van der Waals surface area (Å²) >= 11 is 0. The van der Waals surface area contributed by atoms with Crippen LogP contribution in [0.5, 0.6) is 11.5 Å². The van der Waals surface area contributed by atoms with Gasteiger partial charge in [-0.2, -0.15) is 0 Å². The maximum Gasteiger partial charge on any atom is 0.118 e. The Morgan fingerprint density at radius 1 is 0.850 bits per heavy atom. The normalized spacial score (nSPS) is 10.7. The van der Waals surface area contributed by atoms with E-state index in [1.165, 1.54) is 5.56 Å². The Hall–Kier alpha value is -2.29. The molecule has 0 amide bonds. The first-order chi connectivity index (χ1) is 9.81. The zero-order chi connectivity index (χ0) is 14.2. The van der Waals surface area contributed by atoms with E-state index in [-0.39, 0.29) is 0 Å². The van der Waals surface area contributed by atoms with Crippen LogP contribution >= 0.6 is 0 Å². The van der Waals surface area contributed by atoms with Crippen molar-refractivity contribution in [2.45, 2.75) is 6.42 Å². The molecule has 0 unspecified atom stereocenters. The van der Waals surface area contributed by atoms with Crippen LogP contribution in [0.3, 0.4) is 0 Å². The van der Waals surface area contributed by atoms with Gasteiger partial charge in [-0.25, -0.2) is 0 Å². The number of methoxy groups -OCH3 is 2. The summed E-state index contributed by atoms with van der Waals surface area (Å²) in [5.41, 5.74) is 2.35. The highest BCUT2D eigenvalue weighted by Crippen LogP contribution is 2.12. The molecule has 0 fully saturated rings. The minimum atomic E-state index is 0.776. The van der Waals surface area contributed by atoms with E-state index in [1.54, 1.807) is 14.2 Å². The van der Waals surface area contributed by atoms with Crippen molar-refractivity contribution in [2.75, 3.05) is 20.8 Å². The fourth-order valence-electron chi connectivity index (χ4n) is 1.85. The maximum atomic E-state index is 5.13. The van der Waals surface area contributed by atoms with E-state index in [2.05, 4.69) is 17.1 Å². The van der Waals surface area contributed by atoms with Gasteiger partial charge < -0.3 is 9.47 Å². The van der Waals surface area contributed by atoms with Crippen LogP contribution in [0, 0.1) is 0 Å². The second-order valence-electron chi connectivity index (χ2n) is 4.41. The monoisotopic (exact) mass is 269 g/mol. The standard InChI is InChI=1S/C17H19NO2/c1-19-16-7-3-14(4-8-16)11-12-18-13-15-5-9-17(20-2)10-6-15/h3-10,13H,11-12H2,1-2H3. The first kappa shape index (κ1) is 14.1. The van der Waals surface area contributed by atoms with Crippen LogP contribution in [-0.4, -0.2) is 27.0 Å². The molecule has 0 bridgehead atoms. The highest BCUT2D eigenvalue weighted by molar-refractivity contribution is 5.79. The van der Waals surface area contributed by atoms with Crippen LogP contribution in [0.15, 0.2) is 53.5 Å². The largest absolute Gasteiger partial charge is 0.497 e. The van der Waals surface area contributed by atoms with Gasteiger partial charge in [0.25, 0.3) is 0 Å². The minimum Gasteiger partial charge on any atom is -0.497 e. The number of nitrogens with zero attached hydrogens (tertiary/aromatic N) is 1. The average molecular weight is 269 g/mol. The summed E-state index contributed by atoms with van der Waals surface area (Å²) < 4.78 is 10.2. The zero-order valence-electron chi connectivity index (χ0n) is 11.9. The number of rotatable bonds is 6. The molecular weight excluding hydrogens is 250 g/mol. The molecule has 0 aliphatic heterocycles. The second-order valence-corrected chi connectivity index (χ2v) is 4.41. The molecule has 0 spiro atoms. The van der Waals surface area contributed by atoms with Gasteiger partial charge in [0.05, 0.1) is 14.2 Å². The number of hydrogen-bond acceptors (Lipinski definition) is 3. The van der Waals surface area contributed by atoms with Crippen LogP contribution in [0.25, 0.3) is 0 Å². The molecule has 0 heterocycles. The molecule has 0 saturated heterocycles. The third-order valence-electron chi connectivity index (χ3n) is 3.04. The molecule has 0 saturated carbocycles. The van der Waals surface area contributed by atoms with Gasteiger partial charge in [0.1, 0.15) is 11.5 Å². The van der Waals surface area contributed by atoms with Crippen molar-refractivity contribution < 1.29 is 9.47 Å². The summed E-state index contributed by atoms with van der Waals surface area (Å²) in [6, 6.07) is 16.0. The predicted molar refractivity (Wildman–Crippen MR) is 82.2 cm³/mol. The summed E-state index contributed by atoms with van der Waals surface area (Å²) in [5, 5.41) is 0. The van der Waals surface area contributed by atoms with Crippen LogP contribution < -0.4 is 9.47 Å². The van der Waals surface area contributed by atoms with Gasteiger partial charge in [-0.1, -0.05) is 12.1 Å². The lowest BCUT2D eigenvalue weighted by molar-refractivity contribution is 0.414. The Labute approximate surface area is 119 Å². The molecule has 2 rings (SSSR count). The average Bonchev–Trinajstić information content (AvgIpc) is 2.53. The van der Waals surface area contributed by atoms with Crippen LogP contribution in [0.1, 0.15) is 11.1 Å². The predicted octanol–water partition coefficient (Wildman–Crippen LogP) is 3.37. The van der Waals surface area contributed by atoms with Gasteiger partial charge in [0.15, 0.2) is 0 Å². The molecule has 0 aliphatic carbocycles. The van der Waals surface area contributed by atoms with E-state index in [0.29, 0.717) is 0 Å². The fourth-order valence-corrected chi connectivity index (χ4v) is 1.85. The van der Waals surface area contributed by atoms with Crippen molar-refractivity contribution in [1.82, 2.24) is 0 Å². The number of ether oxygens (including phenoxy) is 2. The number of aliphatic imine (C=N–C) groups is 1. The van der Waals surface area contributed by atoms with Crippen LogP contribution in [-0.2, 0) is 6.42 Å². The Morgan fingerprint density at radius 3 is 1.95 bits per heavy atom. The molecule has 3 heteroatoms. The lowest BCUT2D eigenvalue weighted by Gasteiger charge is -2.01. The summed E-state index contributed by atoms with van der Waals surface area (Å²) in [7, 11) is 3.34. The van der Waals surface area contributed by atoms with Gasteiger partial charge in [0.2, 0.25) is 0 Å².